The summed E-state index contributed by atoms with van der Waals surface area (Å²) in [6, 6.07) is 6.17. The molecule has 1 aromatic carbocycles. The first kappa shape index (κ1) is 14.8. The standard InChI is InChI=1S/C15H21FN2O2/c1-15(2,3)20-14(19)18-8-12(13(17)9-18)10-5-4-6-11(16)7-10/h4-7,12-13H,8-9,17H2,1-3H3. The van der Waals surface area contributed by atoms with Gasteiger partial charge in [-0.3, -0.25) is 0 Å². The molecule has 20 heavy (non-hydrogen) atoms. The topological polar surface area (TPSA) is 55.6 Å². The van der Waals surface area contributed by atoms with Gasteiger partial charge in [-0.2, -0.15) is 0 Å². The predicted molar refractivity (Wildman–Crippen MR) is 74.9 cm³/mol. The molecular weight excluding hydrogens is 259 g/mol. The maximum atomic E-state index is 13.3. The van der Waals surface area contributed by atoms with Crippen molar-refractivity contribution in [3.8, 4) is 0 Å². The fraction of sp³-hybridized carbons (Fsp3) is 0.533. The van der Waals surface area contributed by atoms with Gasteiger partial charge in [0.2, 0.25) is 0 Å². The summed E-state index contributed by atoms with van der Waals surface area (Å²) in [6.45, 7) is 6.36. The first-order valence-electron chi connectivity index (χ1n) is 6.75. The summed E-state index contributed by atoms with van der Waals surface area (Å²) in [6.07, 6.45) is -0.369. The van der Waals surface area contributed by atoms with E-state index in [1.54, 1.807) is 11.0 Å². The molecule has 1 saturated heterocycles. The van der Waals surface area contributed by atoms with Crippen molar-refractivity contribution in [2.75, 3.05) is 13.1 Å². The quantitative estimate of drug-likeness (QED) is 0.860. The first-order valence-corrected chi connectivity index (χ1v) is 6.75. The van der Waals surface area contributed by atoms with E-state index >= 15 is 0 Å². The summed E-state index contributed by atoms with van der Waals surface area (Å²) >= 11 is 0. The van der Waals surface area contributed by atoms with Gasteiger partial charge in [-0.05, 0) is 38.5 Å². The molecule has 5 heteroatoms. The highest BCUT2D eigenvalue weighted by Crippen LogP contribution is 2.28. The van der Waals surface area contributed by atoms with Gasteiger partial charge < -0.3 is 15.4 Å². The van der Waals surface area contributed by atoms with E-state index in [2.05, 4.69) is 0 Å². The number of carbonyl (C=O) groups excluding carboxylic acids is 1. The minimum absolute atomic E-state index is 0.0572. The third kappa shape index (κ3) is 3.48. The van der Waals surface area contributed by atoms with Gasteiger partial charge in [0, 0.05) is 25.0 Å². The molecule has 0 spiro atoms. The number of nitrogens with zero attached hydrogens (tertiary/aromatic N) is 1. The lowest BCUT2D eigenvalue weighted by Crippen LogP contribution is -2.36. The van der Waals surface area contributed by atoms with Crippen molar-refractivity contribution in [2.24, 2.45) is 5.73 Å². The van der Waals surface area contributed by atoms with Gasteiger partial charge in [0.25, 0.3) is 0 Å². The number of ether oxygens (including phenoxy) is 1. The Kier molecular flexibility index (Phi) is 3.99. The molecule has 2 rings (SSSR count). The van der Waals surface area contributed by atoms with Gasteiger partial charge in [-0.1, -0.05) is 12.1 Å². The molecule has 0 aromatic heterocycles. The van der Waals surface area contributed by atoms with E-state index in [0.717, 1.165) is 5.56 Å². The molecule has 4 nitrogen and oxygen atoms in total. The Hall–Kier alpha value is -1.62. The summed E-state index contributed by atoms with van der Waals surface area (Å²) < 4.78 is 18.6. The highest BCUT2D eigenvalue weighted by molar-refractivity contribution is 5.69. The maximum absolute atomic E-state index is 13.3. The number of hydrogen-bond donors (Lipinski definition) is 1. The lowest BCUT2D eigenvalue weighted by molar-refractivity contribution is 0.0290. The Labute approximate surface area is 118 Å². The van der Waals surface area contributed by atoms with Crippen molar-refractivity contribution >= 4 is 6.09 Å². The monoisotopic (exact) mass is 280 g/mol. The normalized spacial score (nSPS) is 22.9. The molecule has 0 radical (unpaired) electrons. The van der Waals surface area contributed by atoms with E-state index in [9.17, 15) is 9.18 Å². The molecule has 1 aromatic rings. The number of carbonyl (C=O) groups is 1. The van der Waals surface area contributed by atoms with E-state index < -0.39 is 5.60 Å². The molecule has 2 N–H and O–H groups in total. The molecule has 2 atom stereocenters. The highest BCUT2D eigenvalue weighted by Gasteiger charge is 2.36. The Bertz CT molecular complexity index is 499. The molecule has 1 fully saturated rings. The van der Waals surface area contributed by atoms with Crippen LogP contribution in [0.15, 0.2) is 24.3 Å². The number of amides is 1. The van der Waals surface area contributed by atoms with Crippen LogP contribution in [-0.4, -0.2) is 35.7 Å². The van der Waals surface area contributed by atoms with Crippen LogP contribution in [0.25, 0.3) is 0 Å². The van der Waals surface area contributed by atoms with Crippen molar-refractivity contribution in [1.82, 2.24) is 4.90 Å². The zero-order chi connectivity index (χ0) is 14.9. The molecule has 110 valence electrons. The van der Waals surface area contributed by atoms with Gasteiger partial charge in [-0.15, -0.1) is 0 Å². The first-order chi connectivity index (χ1) is 9.26. The number of benzene rings is 1. The van der Waals surface area contributed by atoms with Gasteiger partial charge in [-0.25, -0.2) is 9.18 Å². The summed E-state index contributed by atoms with van der Waals surface area (Å²) in [5.74, 6) is -0.344. The number of nitrogens with two attached hydrogens (primary N) is 1. The molecule has 1 aliphatic heterocycles. The summed E-state index contributed by atoms with van der Waals surface area (Å²) in [5, 5.41) is 0. The highest BCUT2D eigenvalue weighted by atomic mass is 19.1. The minimum atomic E-state index is -0.530. The Morgan fingerprint density at radius 1 is 1.40 bits per heavy atom. The molecule has 2 unspecified atom stereocenters. The Morgan fingerprint density at radius 3 is 2.70 bits per heavy atom. The molecule has 1 aliphatic rings. The van der Waals surface area contributed by atoms with E-state index in [-0.39, 0.29) is 23.9 Å². The van der Waals surface area contributed by atoms with E-state index in [0.29, 0.717) is 13.1 Å². The van der Waals surface area contributed by atoms with Crippen LogP contribution in [-0.2, 0) is 4.74 Å². The van der Waals surface area contributed by atoms with E-state index in [1.165, 1.54) is 12.1 Å². The van der Waals surface area contributed by atoms with Gasteiger partial charge >= 0.3 is 6.09 Å². The Balaban J connectivity index is 2.07. The molecule has 0 saturated carbocycles. The fourth-order valence-electron chi connectivity index (χ4n) is 2.39. The average molecular weight is 280 g/mol. The van der Waals surface area contributed by atoms with Crippen molar-refractivity contribution in [3.05, 3.63) is 35.6 Å². The average Bonchev–Trinajstić information content (AvgIpc) is 2.69. The lowest BCUT2D eigenvalue weighted by atomic mass is 9.95. The van der Waals surface area contributed by atoms with Gasteiger partial charge in [0.15, 0.2) is 0 Å². The molecular formula is C15H21FN2O2. The van der Waals surface area contributed by atoms with Crippen LogP contribution in [0.1, 0.15) is 32.3 Å². The van der Waals surface area contributed by atoms with Crippen LogP contribution in [0.5, 0.6) is 0 Å². The summed E-state index contributed by atoms with van der Waals surface area (Å²) in [5.41, 5.74) is 6.37. The molecule has 1 heterocycles. The summed E-state index contributed by atoms with van der Waals surface area (Å²) in [4.78, 5) is 13.6. The number of rotatable bonds is 1. The maximum Gasteiger partial charge on any atom is 0.410 e. The number of likely N-dealkylation sites (tertiary alicyclic amines) is 1. The van der Waals surface area contributed by atoms with Crippen molar-refractivity contribution in [2.45, 2.75) is 38.3 Å². The third-order valence-electron chi connectivity index (χ3n) is 3.29. The second-order valence-corrected chi connectivity index (χ2v) is 6.21. The van der Waals surface area contributed by atoms with Crippen molar-refractivity contribution in [3.63, 3.8) is 0 Å². The SMILES string of the molecule is CC(C)(C)OC(=O)N1CC(N)C(c2cccc(F)c2)C1. The molecule has 0 bridgehead atoms. The largest absolute Gasteiger partial charge is 0.444 e. The zero-order valence-electron chi connectivity index (χ0n) is 12.1. The Morgan fingerprint density at radius 2 is 2.10 bits per heavy atom. The minimum Gasteiger partial charge on any atom is -0.444 e. The number of hydrogen-bond acceptors (Lipinski definition) is 3. The predicted octanol–water partition coefficient (Wildman–Crippen LogP) is 2.49. The van der Waals surface area contributed by atoms with Crippen molar-refractivity contribution in [1.29, 1.82) is 0 Å². The third-order valence-corrected chi connectivity index (χ3v) is 3.29. The van der Waals surface area contributed by atoms with Crippen LogP contribution in [0, 0.1) is 5.82 Å². The zero-order valence-corrected chi connectivity index (χ0v) is 12.1. The van der Waals surface area contributed by atoms with Crippen molar-refractivity contribution < 1.29 is 13.9 Å². The van der Waals surface area contributed by atoms with Crippen LogP contribution in [0.4, 0.5) is 9.18 Å². The van der Waals surface area contributed by atoms with Crippen LogP contribution in [0.3, 0.4) is 0 Å². The van der Waals surface area contributed by atoms with E-state index in [4.69, 9.17) is 10.5 Å². The van der Waals surface area contributed by atoms with Gasteiger partial charge in [0.1, 0.15) is 11.4 Å². The smallest absolute Gasteiger partial charge is 0.410 e. The molecule has 0 aliphatic carbocycles. The molecule has 1 amide bonds. The second-order valence-electron chi connectivity index (χ2n) is 6.21. The number of halogens is 1. The van der Waals surface area contributed by atoms with Crippen LogP contribution in [0.2, 0.25) is 0 Å². The second kappa shape index (κ2) is 5.40. The lowest BCUT2D eigenvalue weighted by Gasteiger charge is -2.24. The van der Waals surface area contributed by atoms with Crippen LogP contribution >= 0.6 is 0 Å². The van der Waals surface area contributed by atoms with E-state index in [1.807, 2.05) is 26.8 Å². The fourth-order valence-corrected chi connectivity index (χ4v) is 2.39. The van der Waals surface area contributed by atoms with Crippen LogP contribution < -0.4 is 5.73 Å². The van der Waals surface area contributed by atoms with Gasteiger partial charge in [0.05, 0.1) is 0 Å². The summed E-state index contributed by atoms with van der Waals surface area (Å²) in [7, 11) is 0.